The van der Waals surface area contributed by atoms with Crippen molar-refractivity contribution in [2.24, 2.45) is 5.92 Å². The van der Waals surface area contributed by atoms with E-state index in [1.54, 1.807) is 26.4 Å². The van der Waals surface area contributed by atoms with E-state index in [2.05, 4.69) is 0 Å². The Bertz CT molecular complexity index is 424. The average Bonchev–Trinajstić information content (AvgIpc) is 2.36. The van der Waals surface area contributed by atoms with Gasteiger partial charge in [-0.25, -0.2) is 0 Å². The summed E-state index contributed by atoms with van der Waals surface area (Å²) in [7, 11) is 4.63. The average molecular weight is 252 g/mol. The fourth-order valence-electron chi connectivity index (χ4n) is 1.73. The zero-order valence-corrected chi connectivity index (χ0v) is 11.6. The molecule has 0 fully saturated rings. The van der Waals surface area contributed by atoms with Crippen molar-refractivity contribution in [1.82, 2.24) is 0 Å². The van der Waals surface area contributed by atoms with E-state index in [-0.39, 0.29) is 5.78 Å². The highest BCUT2D eigenvalue weighted by Gasteiger charge is 2.18. The van der Waals surface area contributed by atoms with Gasteiger partial charge in [-0.05, 0) is 12.0 Å². The molecule has 0 heterocycles. The summed E-state index contributed by atoms with van der Waals surface area (Å²) >= 11 is 0. The number of ketones is 1. The summed E-state index contributed by atoms with van der Waals surface area (Å²) in [5.74, 6) is 1.94. The summed E-state index contributed by atoms with van der Waals surface area (Å²) < 4.78 is 15.6. The Morgan fingerprint density at radius 1 is 1.00 bits per heavy atom. The largest absolute Gasteiger partial charge is 0.496 e. The van der Waals surface area contributed by atoms with Gasteiger partial charge in [0.05, 0.1) is 26.9 Å². The summed E-state index contributed by atoms with van der Waals surface area (Å²) in [4.78, 5) is 12.1. The van der Waals surface area contributed by atoms with E-state index in [0.29, 0.717) is 35.2 Å². The minimum absolute atomic E-state index is 0.0443. The standard InChI is InChI=1S/C14H20O4/c1-9(2)6-11(15)10-7-13(17-4)14(18-5)8-12(10)16-3/h7-9H,6H2,1-5H3. The monoisotopic (exact) mass is 252 g/mol. The maximum absolute atomic E-state index is 12.1. The van der Waals surface area contributed by atoms with E-state index in [1.165, 1.54) is 7.11 Å². The minimum atomic E-state index is 0.0443. The van der Waals surface area contributed by atoms with Crippen LogP contribution in [-0.4, -0.2) is 27.1 Å². The van der Waals surface area contributed by atoms with Gasteiger partial charge in [-0.3, -0.25) is 4.79 Å². The molecule has 0 saturated carbocycles. The van der Waals surface area contributed by atoms with Gasteiger partial charge < -0.3 is 14.2 Å². The molecule has 1 aromatic rings. The molecular formula is C14H20O4. The van der Waals surface area contributed by atoms with Gasteiger partial charge >= 0.3 is 0 Å². The molecule has 0 spiro atoms. The number of Topliss-reactive ketones (excluding diaryl/α,β-unsaturated/α-hetero) is 1. The van der Waals surface area contributed by atoms with Crippen LogP contribution in [0.5, 0.6) is 17.2 Å². The third-order valence-corrected chi connectivity index (χ3v) is 2.60. The van der Waals surface area contributed by atoms with E-state index in [0.717, 1.165) is 0 Å². The van der Waals surface area contributed by atoms with Crippen LogP contribution in [0.1, 0.15) is 30.6 Å². The van der Waals surface area contributed by atoms with E-state index in [1.807, 2.05) is 13.8 Å². The molecule has 0 atom stereocenters. The quantitative estimate of drug-likeness (QED) is 0.730. The molecule has 1 rings (SSSR count). The lowest BCUT2D eigenvalue weighted by Crippen LogP contribution is -2.06. The summed E-state index contributed by atoms with van der Waals surface area (Å²) in [6.07, 6.45) is 0.478. The first-order valence-electron chi connectivity index (χ1n) is 5.86. The number of carbonyl (C=O) groups excluding carboxylic acids is 1. The number of hydrogen-bond acceptors (Lipinski definition) is 4. The molecule has 0 N–H and O–H groups in total. The maximum atomic E-state index is 12.1. The molecule has 1 aromatic carbocycles. The van der Waals surface area contributed by atoms with Crippen LogP contribution >= 0.6 is 0 Å². The Hall–Kier alpha value is -1.71. The first-order chi connectivity index (χ1) is 8.53. The molecule has 4 heteroatoms. The lowest BCUT2D eigenvalue weighted by atomic mass is 10.00. The van der Waals surface area contributed by atoms with Crippen molar-refractivity contribution in [3.05, 3.63) is 17.7 Å². The Morgan fingerprint density at radius 2 is 1.50 bits per heavy atom. The smallest absolute Gasteiger partial charge is 0.166 e. The Morgan fingerprint density at radius 3 is 1.94 bits per heavy atom. The van der Waals surface area contributed by atoms with E-state index >= 15 is 0 Å². The van der Waals surface area contributed by atoms with Gasteiger partial charge in [0.25, 0.3) is 0 Å². The van der Waals surface area contributed by atoms with Gasteiger partial charge in [0.2, 0.25) is 0 Å². The van der Waals surface area contributed by atoms with Gasteiger partial charge in [-0.1, -0.05) is 13.8 Å². The molecule has 100 valence electrons. The molecule has 0 aliphatic rings. The topological polar surface area (TPSA) is 44.8 Å². The summed E-state index contributed by atoms with van der Waals surface area (Å²) in [6.45, 7) is 4.01. The predicted octanol–water partition coefficient (Wildman–Crippen LogP) is 2.94. The maximum Gasteiger partial charge on any atom is 0.166 e. The fraction of sp³-hybridized carbons (Fsp3) is 0.500. The van der Waals surface area contributed by atoms with Gasteiger partial charge in [0.15, 0.2) is 17.3 Å². The van der Waals surface area contributed by atoms with Crippen molar-refractivity contribution in [3.63, 3.8) is 0 Å². The molecule has 0 saturated heterocycles. The van der Waals surface area contributed by atoms with Crippen LogP contribution in [0.15, 0.2) is 12.1 Å². The summed E-state index contributed by atoms with van der Waals surface area (Å²) in [6, 6.07) is 3.34. The molecule has 0 aliphatic heterocycles. The number of ether oxygens (including phenoxy) is 3. The molecule has 0 radical (unpaired) electrons. The first-order valence-corrected chi connectivity index (χ1v) is 5.86. The van der Waals surface area contributed by atoms with Crippen LogP contribution in [0.25, 0.3) is 0 Å². The van der Waals surface area contributed by atoms with Crippen molar-refractivity contribution in [3.8, 4) is 17.2 Å². The predicted molar refractivity (Wildman–Crippen MR) is 69.9 cm³/mol. The van der Waals surface area contributed by atoms with Crippen LogP contribution < -0.4 is 14.2 Å². The Balaban J connectivity index is 3.20. The highest BCUT2D eigenvalue weighted by Crippen LogP contribution is 2.35. The van der Waals surface area contributed by atoms with Crippen LogP contribution in [0.3, 0.4) is 0 Å². The highest BCUT2D eigenvalue weighted by atomic mass is 16.5. The highest BCUT2D eigenvalue weighted by molar-refractivity contribution is 5.99. The SMILES string of the molecule is COc1cc(OC)c(C(=O)CC(C)C)cc1OC. The third kappa shape index (κ3) is 3.15. The molecule has 0 aromatic heterocycles. The Labute approximate surface area is 108 Å². The fourth-order valence-corrected chi connectivity index (χ4v) is 1.73. The summed E-state index contributed by atoms with van der Waals surface area (Å²) in [5, 5.41) is 0. The number of carbonyl (C=O) groups is 1. The molecule has 18 heavy (non-hydrogen) atoms. The number of methoxy groups -OCH3 is 3. The van der Waals surface area contributed by atoms with Crippen molar-refractivity contribution in [2.45, 2.75) is 20.3 Å². The summed E-state index contributed by atoms with van der Waals surface area (Å²) in [5.41, 5.74) is 0.531. The second-order valence-corrected chi connectivity index (χ2v) is 4.43. The van der Waals surface area contributed by atoms with E-state index < -0.39 is 0 Å². The second-order valence-electron chi connectivity index (χ2n) is 4.43. The van der Waals surface area contributed by atoms with Crippen LogP contribution in [0.4, 0.5) is 0 Å². The normalized spacial score (nSPS) is 10.3. The third-order valence-electron chi connectivity index (χ3n) is 2.60. The van der Waals surface area contributed by atoms with Gasteiger partial charge in [0.1, 0.15) is 5.75 Å². The molecule has 0 bridgehead atoms. The molecule has 0 aliphatic carbocycles. The number of hydrogen-bond donors (Lipinski definition) is 0. The molecule has 0 unspecified atom stereocenters. The second kappa shape index (κ2) is 6.28. The number of rotatable bonds is 6. The van der Waals surface area contributed by atoms with Crippen molar-refractivity contribution in [2.75, 3.05) is 21.3 Å². The lowest BCUT2D eigenvalue weighted by molar-refractivity contribution is 0.0964. The number of benzene rings is 1. The minimum Gasteiger partial charge on any atom is -0.496 e. The van der Waals surface area contributed by atoms with Crippen LogP contribution in [0, 0.1) is 5.92 Å². The molecule has 0 amide bonds. The first kappa shape index (κ1) is 14.4. The van der Waals surface area contributed by atoms with Crippen LogP contribution in [0.2, 0.25) is 0 Å². The van der Waals surface area contributed by atoms with Gasteiger partial charge in [0, 0.05) is 12.5 Å². The zero-order chi connectivity index (χ0) is 13.7. The van der Waals surface area contributed by atoms with Gasteiger partial charge in [-0.2, -0.15) is 0 Å². The van der Waals surface area contributed by atoms with Crippen LogP contribution in [-0.2, 0) is 0 Å². The van der Waals surface area contributed by atoms with Crippen molar-refractivity contribution >= 4 is 5.78 Å². The zero-order valence-electron chi connectivity index (χ0n) is 11.6. The Kier molecular flexibility index (Phi) is 5.01. The van der Waals surface area contributed by atoms with Crippen molar-refractivity contribution in [1.29, 1.82) is 0 Å². The van der Waals surface area contributed by atoms with E-state index in [9.17, 15) is 4.79 Å². The van der Waals surface area contributed by atoms with E-state index in [4.69, 9.17) is 14.2 Å². The molecular weight excluding hydrogens is 232 g/mol. The molecule has 4 nitrogen and oxygen atoms in total. The lowest BCUT2D eigenvalue weighted by Gasteiger charge is -2.14. The van der Waals surface area contributed by atoms with Crippen molar-refractivity contribution < 1.29 is 19.0 Å². The van der Waals surface area contributed by atoms with Gasteiger partial charge in [-0.15, -0.1) is 0 Å².